The molecule has 0 spiro atoms. The summed E-state index contributed by atoms with van der Waals surface area (Å²) in [5.74, 6) is -0.538. The zero-order valence-electron chi connectivity index (χ0n) is 16.4. The third-order valence-electron chi connectivity index (χ3n) is 5.08. The number of ether oxygens (including phenoxy) is 1. The molecule has 1 unspecified atom stereocenters. The fourth-order valence-electron chi connectivity index (χ4n) is 3.51. The van der Waals surface area contributed by atoms with Crippen molar-refractivity contribution in [2.45, 2.75) is 51.2 Å². The van der Waals surface area contributed by atoms with Crippen LogP contribution in [0.3, 0.4) is 0 Å². The lowest BCUT2D eigenvalue weighted by Crippen LogP contribution is -2.34. The van der Waals surface area contributed by atoms with E-state index in [1.54, 1.807) is 30.3 Å². The normalized spacial score (nSPS) is 14.7. The Morgan fingerprint density at radius 1 is 1.24 bits per heavy atom. The Hall–Kier alpha value is -2.73. The first kappa shape index (κ1) is 22.6. The standard InChI is InChI=1S/C22H27N3O3.ClH/c1-2-14-11-16(13-19(12-14)28-18-5-3-4-6-18)20(22(26)27)25-17-9-7-15(8-10-17)21(23)24;/h7-13,18,20,25H,2-6H2,1H3,(H3,23,24)(H,26,27);1H/p-1. The number of anilines is 1. The third-order valence-corrected chi connectivity index (χ3v) is 5.08. The second kappa shape index (κ2) is 10.2. The van der Waals surface area contributed by atoms with Crippen molar-refractivity contribution >= 4 is 29.9 Å². The van der Waals surface area contributed by atoms with Gasteiger partial charge in [0.25, 0.3) is 0 Å². The molecule has 1 atom stereocenters. The number of carboxylic acid groups (broad SMARTS) is 1. The number of halogens is 1. The largest absolute Gasteiger partial charge is 0.548 e. The Labute approximate surface area is 177 Å². The highest BCUT2D eigenvalue weighted by Gasteiger charge is 2.19. The Kier molecular flexibility index (Phi) is 7.91. The molecule has 1 aliphatic carbocycles. The molecule has 6 nitrogen and oxygen atoms in total. The summed E-state index contributed by atoms with van der Waals surface area (Å²) >= 11 is 0. The summed E-state index contributed by atoms with van der Waals surface area (Å²) in [5.41, 5.74) is 8.27. The number of carbonyl (C=O) groups is 1. The van der Waals surface area contributed by atoms with E-state index in [0.717, 1.165) is 24.8 Å². The smallest absolute Gasteiger partial charge is 0.122 e. The summed E-state index contributed by atoms with van der Waals surface area (Å²) in [7, 11) is 0. The second-order valence-corrected chi connectivity index (χ2v) is 7.18. The van der Waals surface area contributed by atoms with Crippen LogP contribution in [0, 0.1) is 5.41 Å². The fraction of sp³-hybridized carbons (Fsp3) is 0.364. The lowest BCUT2D eigenvalue weighted by molar-refractivity contribution is -0.307. The van der Waals surface area contributed by atoms with E-state index in [1.807, 2.05) is 19.1 Å². The molecule has 29 heavy (non-hydrogen) atoms. The molecule has 156 valence electrons. The van der Waals surface area contributed by atoms with Gasteiger partial charge >= 0.3 is 0 Å². The monoisotopic (exact) mass is 416 g/mol. The summed E-state index contributed by atoms with van der Waals surface area (Å²) in [4.78, 5) is 11.9. The van der Waals surface area contributed by atoms with Crippen LogP contribution in [0.1, 0.15) is 55.3 Å². The quantitative estimate of drug-likeness (QED) is 0.452. The van der Waals surface area contributed by atoms with E-state index in [9.17, 15) is 9.90 Å². The molecule has 1 aliphatic rings. The molecule has 0 radical (unpaired) electrons. The number of amidine groups is 1. The number of aryl methyl sites for hydroxylation is 1. The molecule has 2 aromatic carbocycles. The predicted octanol–water partition coefficient (Wildman–Crippen LogP) is 3.18. The number of benzene rings is 2. The van der Waals surface area contributed by atoms with Crippen LogP contribution in [0.5, 0.6) is 5.75 Å². The van der Waals surface area contributed by atoms with Gasteiger partial charge in [0.15, 0.2) is 0 Å². The minimum Gasteiger partial charge on any atom is -0.548 e. The molecule has 0 aliphatic heterocycles. The van der Waals surface area contributed by atoms with Crippen LogP contribution in [-0.2, 0) is 11.2 Å². The zero-order valence-corrected chi connectivity index (χ0v) is 17.3. The molecule has 0 amide bonds. The van der Waals surface area contributed by atoms with E-state index in [0.29, 0.717) is 22.6 Å². The number of hydrogen-bond acceptors (Lipinski definition) is 5. The number of rotatable bonds is 8. The van der Waals surface area contributed by atoms with Crippen molar-refractivity contribution in [3.05, 3.63) is 59.2 Å². The van der Waals surface area contributed by atoms with E-state index in [-0.39, 0.29) is 24.3 Å². The van der Waals surface area contributed by atoms with Crippen LogP contribution >= 0.6 is 12.4 Å². The number of nitrogens with one attached hydrogen (secondary N) is 2. The van der Waals surface area contributed by atoms with Crippen LogP contribution in [0.25, 0.3) is 0 Å². The van der Waals surface area contributed by atoms with Gasteiger partial charge in [-0.1, -0.05) is 13.0 Å². The summed E-state index contributed by atoms with van der Waals surface area (Å²) < 4.78 is 6.10. The molecule has 0 bridgehead atoms. The van der Waals surface area contributed by atoms with Crippen molar-refractivity contribution in [3.63, 3.8) is 0 Å². The lowest BCUT2D eigenvalue weighted by atomic mass is 10.0. The average Bonchev–Trinajstić information content (AvgIpc) is 3.18. The van der Waals surface area contributed by atoms with Crippen molar-refractivity contribution in [1.82, 2.24) is 0 Å². The van der Waals surface area contributed by atoms with Crippen molar-refractivity contribution < 1.29 is 14.6 Å². The molecular weight excluding hydrogens is 390 g/mol. The van der Waals surface area contributed by atoms with Crippen molar-refractivity contribution in [1.29, 1.82) is 5.41 Å². The molecule has 1 fully saturated rings. The van der Waals surface area contributed by atoms with Gasteiger partial charge in [-0.3, -0.25) is 5.41 Å². The third kappa shape index (κ3) is 5.87. The number of carbonyl (C=O) groups excluding carboxylic acids is 1. The van der Waals surface area contributed by atoms with Crippen LogP contribution in [0.2, 0.25) is 0 Å². The number of aliphatic carboxylic acids is 1. The van der Waals surface area contributed by atoms with Crippen LogP contribution in [-0.4, -0.2) is 17.9 Å². The summed E-state index contributed by atoms with van der Waals surface area (Å²) in [6, 6.07) is 11.4. The zero-order chi connectivity index (χ0) is 20.1. The van der Waals surface area contributed by atoms with Gasteiger partial charge in [0.2, 0.25) is 0 Å². The number of hydrogen-bond donors (Lipinski definition) is 3. The SMILES string of the molecule is CCc1cc(OC2CCCC2)cc(C(Nc2ccc(C(=N)N)cc2)C(=O)[O-])c1.Cl. The van der Waals surface area contributed by atoms with Crippen LogP contribution < -0.4 is 20.9 Å². The van der Waals surface area contributed by atoms with Gasteiger partial charge in [0.05, 0.1) is 18.1 Å². The molecular formula is C22H27ClN3O3-. The first-order valence-electron chi connectivity index (χ1n) is 9.68. The maximum atomic E-state index is 11.9. The van der Waals surface area contributed by atoms with E-state index in [4.69, 9.17) is 15.9 Å². The van der Waals surface area contributed by atoms with Crippen molar-refractivity contribution in [2.24, 2.45) is 5.73 Å². The van der Waals surface area contributed by atoms with Gasteiger partial charge in [-0.15, -0.1) is 12.4 Å². The van der Waals surface area contributed by atoms with Crippen molar-refractivity contribution in [2.75, 3.05) is 5.32 Å². The first-order valence-corrected chi connectivity index (χ1v) is 9.68. The predicted molar refractivity (Wildman–Crippen MR) is 115 cm³/mol. The van der Waals surface area contributed by atoms with E-state index >= 15 is 0 Å². The van der Waals surface area contributed by atoms with Gasteiger partial charge < -0.3 is 25.7 Å². The lowest BCUT2D eigenvalue weighted by Gasteiger charge is -2.23. The minimum atomic E-state index is -1.21. The molecule has 7 heteroatoms. The average molecular weight is 417 g/mol. The van der Waals surface area contributed by atoms with Gasteiger partial charge in [-0.2, -0.15) is 0 Å². The molecule has 0 aromatic heterocycles. The highest BCUT2D eigenvalue weighted by molar-refractivity contribution is 5.95. The molecule has 1 saturated carbocycles. The first-order chi connectivity index (χ1) is 13.5. The summed E-state index contributed by atoms with van der Waals surface area (Å²) in [6.07, 6.45) is 5.40. The Bertz CT molecular complexity index is 849. The number of nitrogens with two attached hydrogens (primary N) is 1. The van der Waals surface area contributed by atoms with Crippen molar-refractivity contribution in [3.8, 4) is 5.75 Å². The van der Waals surface area contributed by atoms with Gasteiger partial charge in [0, 0.05) is 11.3 Å². The molecule has 4 N–H and O–H groups in total. The Morgan fingerprint density at radius 2 is 1.90 bits per heavy atom. The molecule has 0 heterocycles. The summed E-state index contributed by atoms with van der Waals surface area (Å²) in [6.45, 7) is 2.03. The molecule has 3 rings (SSSR count). The van der Waals surface area contributed by atoms with Crippen LogP contribution in [0.4, 0.5) is 5.69 Å². The second-order valence-electron chi connectivity index (χ2n) is 7.18. The molecule has 0 saturated heterocycles. The highest BCUT2D eigenvalue weighted by Crippen LogP contribution is 2.29. The topological polar surface area (TPSA) is 111 Å². The van der Waals surface area contributed by atoms with E-state index < -0.39 is 12.0 Å². The fourth-order valence-corrected chi connectivity index (χ4v) is 3.51. The number of nitrogen functional groups attached to an aromatic ring is 1. The highest BCUT2D eigenvalue weighted by atomic mass is 35.5. The Balaban J connectivity index is 0.00000300. The van der Waals surface area contributed by atoms with Gasteiger partial charge in [0.1, 0.15) is 11.6 Å². The Morgan fingerprint density at radius 3 is 2.45 bits per heavy atom. The van der Waals surface area contributed by atoms with Gasteiger partial charge in [-0.25, -0.2) is 0 Å². The molecule has 2 aromatic rings. The van der Waals surface area contributed by atoms with Gasteiger partial charge in [-0.05, 0) is 79.6 Å². The summed E-state index contributed by atoms with van der Waals surface area (Å²) in [5, 5.41) is 22.3. The van der Waals surface area contributed by atoms with E-state index in [1.165, 1.54) is 12.8 Å². The van der Waals surface area contributed by atoms with Crippen LogP contribution in [0.15, 0.2) is 42.5 Å². The maximum Gasteiger partial charge on any atom is 0.122 e. The number of carboxylic acids is 1. The van der Waals surface area contributed by atoms with E-state index in [2.05, 4.69) is 5.32 Å². The minimum absolute atomic E-state index is 0. The maximum absolute atomic E-state index is 11.9.